The van der Waals surface area contributed by atoms with Gasteiger partial charge in [-0.15, -0.1) is 10.2 Å². The minimum atomic E-state index is -4.39. The first kappa shape index (κ1) is 15.8. The molecule has 2 aliphatic heterocycles. The van der Waals surface area contributed by atoms with Crippen LogP contribution in [0.25, 0.3) is 0 Å². The lowest BCUT2D eigenvalue weighted by Crippen LogP contribution is -2.41. The predicted molar refractivity (Wildman–Crippen MR) is 75.1 cm³/mol. The summed E-state index contributed by atoms with van der Waals surface area (Å²) in [6, 6.07) is 2.99. The smallest absolute Gasteiger partial charge is 0.422 e. The van der Waals surface area contributed by atoms with Gasteiger partial charge in [0.25, 0.3) is 0 Å². The van der Waals surface area contributed by atoms with Crippen molar-refractivity contribution < 1.29 is 22.7 Å². The number of hydrogen-bond donors (Lipinski definition) is 1. The fraction of sp³-hybridized carbons (Fsp3) is 0.643. The molecule has 126 valence electrons. The second kappa shape index (κ2) is 5.86. The molecule has 6 nitrogen and oxygen atoms in total. The fourth-order valence-electron chi connectivity index (χ4n) is 3.03. The van der Waals surface area contributed by atoms with E-state index in [2.05, 4.69) is 20.3 Å². The van der Waals surface area contributed by atoms with Crippen LogP contribution in [0.2, 0.25) is 0 Å². The first-order valence-corrected chi connectivity index (χ1v) is 7.40. The highest BCUT2D eigenvalue weighted by Crippen LogP contribution is 2.38. The van der Waals surface area contributed by atoms with Gasteiger partial charge >= 0.3 is 6.18 Å². The molecule has 1 aromatic rings. The van der Waals surface area contributed by atoms with Gasteiger partial charge in [0.05, 0.1) is 0 Å². The first-order chi connectivity index (χ1) is 10.9. The van der Waals surface area contributed by atoms with Crippen molar-refractivity contribution in [3.63, 3.8) is 0 Å². The number of hydrogen-bond acceptors (Lipinski definition) is 5. The summed E-state index contributed by atoms with van der Waals surface area (Å²) in [6.45, 7) is 0.822. The van der Waals surface area contributed by atoms with E-state index in [1.165, 1.54) is 6.07 Å². The van der Waals surface area contributed by atoms with E-state index in [-0.39, 0.29) is 17.2 Å². The van der Waals surface area contributed by atoms with Gasteiger partial charge in [-0.2, -0.15) is 13.2 Å². The zero-order chi connectivity index (χ0) is 16.5. The zero-order valence-electron chi connectivity index (χ0n) is 12.4. The molecule has 0 atom stereocenters. The second-order valence-electron chi connectivity index (χ2n) is 6.07. The van der Waals surface area contributed by atoms with Crippen LogP contribution < -0.4 is 15.0 Å². The van der Waals surface area contributed by atoms with Crippen LogP contribution >= 0.6 is 0 Å². The minimum Gasteiger partial charge on any atom is -0.467 e. The van der Waals surface area contributed by atoms with E-state index in [0.717, 1.165) is 32.5 Å². The standard InChI is InChI=1S/C14H17F3N4O2/c15-14(16,17)9-23-12-2-1-10(19-20-12)21-5-3-13(4-6-21)7-11(22)18-8-13/h1-2H,3-9H2,(H,18,22). The maximum atomic E-state index is 12.1. The van der Waals surface area contributed by atoms with E-state index in [0.29, 0.717) is 12.2 Å². The van der Waals surface area contributed by atoms with Gasteiger partial charge in [0.2, 0.25) is 11.8 Å². The molecule has 23 heavy (non-hydrogen) atoms. The van der Waals surface area contributed by atoms with Gasteiger partial charge in [-0.05, 0) is 24.3 Å². The third kappa shape index (κ3) is 3.83. The van der Waals surface area contributed by atoms with E-state index in [9.17, 15) is 18.0 Å². The van der Waals surface area contributed by atoms with Gasteiger partial charge < -0.3 is 15.0 Å². The second-order valence-corrected chi connectivity index (χ2v) is 6.07. The summed E-state index contributed by atoms with van der Waals surface area (Å²) >= 11 is 0. The third-order valence-electron chi connectivity index (χ3n) is 4.35. The number of nitrogens with one attached hydrogen (secondary N) is 1. The number of ether oxygens (including phenoxy) is 1. The summed E-state index contributed by atoms with van der Waals surface area (Å²) in [5.41, 5.74) is 0.0385. The first-order valence-electron chi connectivity index (χ1n) is 7.40. The van der Waals surface area contributed by atoms with Crippen LogP contribution in [0.5, 0.6) is 5.88 Å². The van der Waals surface area contributed by atoms with Crippen LogP contribution in [0.1, 0.15) is 19.3 Å². The Morgan fingerprint density at radius 1 is 1.26 bits per heavy atom. The highest BCUT2D eigenvalue weighted by molar-refractivity contribution is 5.79. The minimum absolute atomic E-state index is 0.0385. The Morgan fingerprint density at radius 3 is 2.52 bits per heavy atom. The van der Waals surface area contributed by atoms with Crippen LogP contribution in [-0.4, -0.2) is 48.5 Å². The van der Waals surface area contributed by atoms with Crippen molar-refractivity contribution in [2.75, 3.05) is 31.1 Å². The summed E-state index contributed by atoms with van der Waals surface area (Å²) < 4.78 is 40.8. The molecule has 3 heterocycles. The normalized spacial score (nSPS) is 20.7. The summed E-state index contributed by atoms with van der Waals surface area (Å²) in [4.78, 5) is 13.4. The Morgan fingerprint density at radius 2 is 2.00 bits per heavy atom. The molecular formula is C14H17F3N4O2. The molecule has 1 N–H and O–H groups in total. The summed E-state index contributed by atoms with van der Waals surface area (Å²) in [6.07, 6.45) is -2.08. The van der Waals surface area contributed by atoms with E-state index in [1.54, 1.807) is 6.07 Å². The number of carbonyl (C=O) groups excluding carboxylic acids is 1. The highest BCUT2D eigenvalue weighted by Gasteiger charge is 2.41. The van der Waals surface area contributed by atoms with Crippen molar-refractivity contribution in [2.24, 2.45) is 5.41 Å². The summed E-state index contributed by atoms with van der Waals surface area (Å²) in [5.74, 6) is 0.561. The quantitative estimate of drug-likeness (QED) is 0.910. The fourth-order valence-corrected chi connectivity index (χ4v) is 3.03. The summed E-state index contributed by atoms with van der Waals surface area (Å²) in [5, 5.41) is 10.5. The average Bonchev–Trinajstić information content (AvgIpc) is 2.87. The monoisotopic (exact) mass is 330 g/mol. The molecule has 3 rings (SSSR count). The van der Waals surface area contributed by atoms with Gasteiger partial charge in [-0.1, -0.05) is 0 Å². The van der Waals surface area contributed by atoms with Crippen molar-refractivity contribution >= 4 is 11.7 Å². The maximum absolute atomic E-state index is 12.1. The Balaban J connectivity index is 1.55. The van der Waals surface area contributed by atoms with Crippen molar-refractivity contribution in [1.29, 1.82) is 0 Å². The molecule has 1 spiro atoms. The van der Waals surface area contributed by atoms with Crippen LogP contribution in [0.4, 0.5) is 19.0 Å². The maximum Gasteiger partial charge on any atom is 0.422 e. The molecule has 0 bridgehead atoms. The van der Waals surface area contributed by atoms with Crippen molar-refractivity contribution in [2.45, 2.75) is 25.4 Å². The third-order valence-corrected chi connectivity index (χ3v) is 4.35. The lowest BCUT2D eigenvalue weighted by molar-refractivity contribution is -0.154. The Labute approximate surface area is 131 Å². The van der Waals surface area contributed by atoms with Gasteiger partial charge in [0.15, 0.2) is 12.4 Å². The number of nitrogens with zero attached hydrogens (tertiary/aromatic N) is 3. The van der Waals surface area contributed by atoms with E-state index in [4.69, 9.17) is 0 Å². The van der Waals surface area contributed by atoms with E-state index >= 15 is 0 Å². The molecule has 1 aromatic heterocycles. The van der Waals surface area contributed by atoms with Gasteiger partial charge in [-0.25, -0.2) is 0 Å². The van der Waals surface area contributed by atoms with Gasteiger partial charge in [0.1, 0.15) is 0 Å². The molecule has 1 amide bonds. The average molecular weight is 330 g/mol. The Bertz CT molecular complexity index is 568. The summed E-state index contributed by atoms with van der Waals surface area (Å²) in [7, 11) is 0. The SMILES string of the molecule is O=C1CC2(CCN(c3ccc(OCC(F)(F)F)nn3)CC2)CN1. The largest absolute Gasteiger partial charge is 0.467 e. The number of carbonyl (C=O) groups is 1. The van der Waals surface area contributed by atoms with Crippen LogP contribution in [-0.2, 0) is 4.79 Å². The Hall–Kier alpha value is -2.06. The van der Waals surface area contributed by atoms with Crippen LogP contribution in [0, 0.1) is 5.41 Å². The zero-order valence-corrected chi connectivity index (χ0v) is 12.4. The number of aromatic nitrogens is 2. The molecule has 0 unspecified atom stereocenters. The molecule has 9 heteroatoms. The molecule has 0 aromatic carbocycles. The molecule has 0 saturated carbocycles. The molecule has 0 aliphatic carbocycles. The Kier molecular flexibility index (Phi) is 4.03. The number of amides is 1. The van der Waals surface area contributed by atoms with Crippen LogP contribution in [0.3, 0.4) is 0 Å². The molecular weight excluding hydrogens is 313 g/mol. The highest BCUT2D eigenvalue weighted by atomic mass is 19.4. The van der Waals surface area contributed by atoms with Crippen molar-refractivity contribution in [1.82, 2.24) is 15.5 Å². The predicted octanol–water partition coefficient (Wildman–Crippen LogP) is 1.52. The molecule has 2 aliphatic rings. The van der Waals surface area contributed by atoms with Crippen molar-refractivity contribution in [3.05, 3.63) is 12.1 Å². The molecule has 2 saturated heterocycles. The van der Waals surface area contributed by atoms with Gasteiger partial charge in [0, 0.05) is 32.1 Å². The number of alkyl halides is 3. The lowest BCUT2D eigenvalue weighted by atomic mass is 9.78. The number of piperidine rings is 1. The topological polar surface area (TPSA) is 67.4 Å². The van der Waals surface area contributed by atoms with Crippen LogP contribution in [0.15, 0.2) is 12.1 Å². The van der Waals surface area contributed by atoms with Gasteiger partial charge in [-0.3, -0.25) is 4.79 Å². The van der Waals surface area contributed by atoms with E-state index < -0.39 is 12.8 Å². The van der Waals surface area contributed by atoms with E-state index in [1.807, 2.05) is 4.90 Å². The molecule has 2 fully saturated rings. The number of halogens is 3. The van der Waals surface area contributed by atoms with Crippen molar-refractivity contribution in [3.8, 4) is 5.88 Å². The molecule has 0 radical (unpaired) electrons. The number of rotatable bonds is 3. The number of anilines is 1. The lowest BCUT2D eigenvalue weighted by Gasteiger charge is -2.38.